The van der Waals surface area contributed by atoms with Crippen molar-refractivity contribution in [2.45, 2.75) is 18.4 Å². The van der Waals surface area contributed by atoms with E-state index in [1.165, 1.54) is 31.5 Å². The lowest BCUT2D eigenvalue weighted by Crippen LogP contribution is -2.35. The number of Topliss-reactive ketones (excluding diaryl/α,β-unsaturated/α-hetero) is 1. The summed E-state index contributed by atoms with van der Waals surface area (Å²) in [5, 5.41) is 11.0. The van der Waals surface area contributed by atoms with E-state index < -0.39 is 22.2 Å². The van der Waals surface area contributed by atoms with Crippen LogP contribution in [0.4, 0.5) is 11.4 Å². The van der Waals surface area contributed by atoms with Gasteiger partial charge in [0.1, 0.15) is 11.2 Å². The maximum absolute atomic E-state index is 12.8. The SMILES string of the molecule is COC(=O)CCC1(C(=O)c2cccc([N+](=O)[O-])c2N)C=CC=N1. The van der Waals surface area contributed by atoms with Crippen LogP contribution in [0.15, 0.2) is 35.3 Å². The third kappa shape index (κ3) is 3.10. The van der Waals surface area contributed by atoms with Gasteiger partial charge in [-0.15, -0.1) is 0 Å². The smallest absolute Gasteiger partial charge is 0.305 e. The summed E-state index contributed by atoms with van der Waals surface area (Å²) in [6, 6.07) is 4.02. The molecule has 1 aliphatic rings. The summed E-state index contributed by atoms with van der Waals surface area (Å²) in [5.74, 6) is -0.965. The maximum atomic E-state index is 12.8. The Morgan fingerprint density at radius 3 is 2.74 bits per heavy atom. The normalized spacial score (nSPS) is 18.8. The van der Waals surface area contributed by atoms with Crippen molar-refractivity contribution in [1.82, 2.24) is 0 Å². The van der Waals surface area contributed by atoms with Crippen LogP contribution in [0.2, 0.25) is 0 Å². The van der Waals surface area contributed by atoms with Crippen molar-refractivity contribution in [3.8, 4) is 0 Å². The van der Waals surface area contributed by atoms with Crippen molar-refractivity contribution >= 4 is 29.3 Å². The molecule has 120 valence electrons. The summed E-state index contributed by atoms with van der Waals surface area (Å²) in [6.45, 7) is 0. The number of para-hydroxylation sites is 1. The van der Waals surface area contributed by atoms with Crippen molar-refractivity contribution in [3.05, 3.63) is 46.0 Å². The second kappa shape index (κ2) is 6.39. The quantitative estimate of drug-likeness (QED) is 0.280. The van der Waals surface area contributed by atoms with Crippen LogP contribution in [-0.4, -0.2) is 35.5 Å². The number of hydrogen-bond donors (Lipinski definition) is 1. The molecule has 1 aromatic carbocycles. The fraction of sp³-hybridized carbons (Fsp3) is 0.267. The molecule has 0 aliphatic carbocycles. The Morgan fingerprint density at radius 1 is 1.43 bits per heavy atom. The van der Waals surface area contributed by atoms with E-state index in [0.29, 0.717) is 0 Å². The fourth-order valence-electron chi connectivity index (χ4n) is 2.36. The van der Waals surface area contributed by atoms with Crippen LogP contribution in [0.25, 0.3) is 0 Å². The van der Waals surface area contributed by atoms with Crippen molar-refractivity contribution in [2.75, 3.05) is 12.8 Å². The number of esters is 1. The van der Waals surface area contributed by atoms with E-state index in [-0.39, 0.29) is 29.8 Å². The highest BCUT2D eigenvalue weighted by Gasteiger charge is 2.39. The van der Waals surface area contributed by atoms with E-state index >= 15 is 0 Å². The van der Waals surface area contributed by atoms with Crippen LogP contribution in [-0.2, 0) is 9.53 Å². The maximum Gasteiger partial charge on any atom is 0.305 e. The van der Waals surface area contributed by atoms with Gasteiger partial charge in [0, 0.05) is 18.7 Å². The molecule has 0 saturated carbocycles. The molecule has 1 aromatic rings. The number of carbonyl (C=O) groups excluding carboxylic acids is 2. The number of rotatable bonds is 6. The minimum Gasteiger partial charge on any atom is -0.469 e. The molecule has 0 fully saturated rings. The zero-order chi connectivity index (χ0) is 17.0. The summed E-state index contributed by atoms with van der Waals surface area (Å²) in [7, 11) is 1.25. The third-order valence-electron chi connectivity index (χ3n) is 3.62. The van der Waals surface area contributed by atoms with Crippen molar-refractivity contribution < 1.29 is 19.2 Å². The van der Waals surface area contributed by atoms with Gasteiger partial charge in [0.05, 0.1) is 17.6 Å². The van der Waals surface area contributed by atoms with Gasteiger partial charge in [-0.2, -0.15) is 0 Å². The zero-order valence-corrected chi connectivity index (χ0v) is 12.4. The number of nitro groups is 1. The van der Waals surface area contributed by atoms with Crippen molar-refractivity contribution in [1.29, 1.82) is 0 Å². The van der Waals surface area contributed by atoms with Crippen LogP contribution >= 0.6 is 0 Å². The number of nitro benzene ring substituents is 1. The average Bonchev–Trinajstić information content (AvgIpc) is 3.02. The van der Waals surface area contributed by atoms with E-state index in [4.69, 9.17) is 5.73 Å². The van der Waals surface area contributed by atoms with Crippen LogP contribution in [0.5, 0.6) is 0 Å². The number of nitrogen functional groups attached to an aromatic ring is 1. The molecule has 0 aromatic heterocycles. The van der Waals surface area contributed by atoms with Gasteiger partial charge in [0.15, 0.2) is 5.78 Å². The van der Waals surface area contributed by atoms with Gasteiger partial charge in [-0.3, -0.25) is 24.7 Å². The van der Waals surface area contributed by atoms with Gasteiger partial charge in [-0.25, -0.2) is 0 Å². The highest BCUT2D eigenvalue weighted by molar-refractivity contribution is 6.11. The molecule has 1 aliphatic heterocycles. The number of nitrogens with zero attached hydrogens (tertiary/aromatic N) is 2. The van der Waals surface area contributed by atoms with Crippen LogP contribution in [0.3, 0.4) is 0 Å². The molecule has 23 heavy (non-hydrogen) atoms. The fourth-order valence-corrected chi connectivity index (χ4v) is 2.36. The molecule has 8 nitrogen and oxygen atoms in total. The van der Waals surface area contributed by atoms with E-state index in [9.17, 15) is 19.7 Å². The molecule has 2 rings (SSSR count). The summed E-state index contributed by atoms with van der Waals surface area (Å²) >= 11 is 0. The lowest BCUT2D eigenvalue weighted by molar-refractivity contribution is -0.383. The molecule has 0 spiro atoms. The number of ketones is 1. The number of ether oxygens (including phenoxy) is 1. The van der Waals surface area contributed by atoms with Gasteiger partial charge in [-0.1, -0.05) is 6.07 Å². The molecule has 0 saturated heterocycles. The minimum atomic E-state index is -1.29. The van der Waals surface area contributed by atoms with E-state index in [1.54, 1.807) is 12.2 Å². The van der Waals surface area contributed by atoms with Gasteiger partial charge in [0.25, 0.3) is 5.69 Å². The number of hydrogen-bond acceptors (Lipinski definition) is 7. The molecule has 1 heterocycles. The molecule has 0 amide bonds. The Labute approximate surface area is 131 Å². The minimum absolute atomic E-state index is 0.00719. The Morgan fingerprint density at radius 2 is 2.17 bits per heavy atom. The third-order valence-corrected chi connectivity index (χ3v) is 3.62. The average molecular weight is 317 g/mol. The molecule has 0 bridgehead atoms. The van der Waals surface area contributed by atoms with Gasteiger partial charge in [-0.05, 0) is 24.6 Å². The molecule has 8 heteroatoms. The first kappa shape index (κ1) is 16.3. The lowest BCUT2D eigenvalue weighted by atomic mass is 9.85. The summed E-state index contributed by atoms with van der Waals surface area (Å²) < 4.78 is 4.57. The molecule has 1 unspecified atom stereocenters. The Hall–Kier alpha value is -3.03. The monoisotopic (exact) mass is 317 g/mol. The Kier molecular flexibility index (Phi) is 4.54. The highest BCUT2D eigenvalue weighted by Crippen LogP contribution is 2.33. The van der Waals surface area contributed by atoms with Crippen molar-refractivity contribution in [2.24, 2.45) is 4.99 Å². The van der Waals surface area contributed by atoms with Crippen molar-refractivity contribution in [3.63, 3.8) is 0 Å². The van der Waals surface area contributed by atoms with E-state index in [2.05, 4.69) is 9.73 Å². The second-order valence-electron chi connectivity index (χ2n) is 4.96. The number of aliphatic imine (C=N–C) groups is 1. The summed E-state index contributed by atoms with van der Waals surface area (Å²) in [5.41, 5.74) is 3.92. The zero-order valence-electron chi connectivity index (χ0n) is 12.4. The summed E-state index contributed by atoms with van der Waals surface area (Å²) in [4.78, 5) is 38.7. The summed E-state index contributed by atoms with van der Waals surface area (Å²) in [6.07, 6.45) is 4.66. The number of benzene rings is 1. The number of anilines is 1. The van der Waals surface area contributed by atoms with Gasteiger partial charge < -0.3 is 10.5 Å². The molecular weight excluding hydrogens is 302 g/mol. The first-order valence-corrected chi connectivity index (χ1v) is 6.79. The molecular formula is C15H15N3O5. The first-order valence-electron chi connectivity index (χ1n) is 6.79. The number of carbonyl (C=O) groups is 2. The van der Waals surface area contributed by atoms with E-state index in [1.807, 2.05) is 0 Å². The van der Waals surface area contributed by atoms with Crippen LogP contribution in [0, 0.1) is 10.1 Å². The van der Waals surface area contributed by atoms with E-state index in [0.717, 1.165) is 0 Å². The largest absolute Gasteiger partial charge is 0.469 e. The Bertz CT molecular complexity index is 712. The van der Waals surface area contributed by atoms with Crippen LogP contribution in [0.1, 0.15) is 23.2 Å². The standard InChI is InChI=1S/C15H15N3O5/c1-23-12(19)6-8-15(7-3-9-17-15)14(20)10-4-2-5-11(13(10)16)18(21)22/h2-5,7,9H,6,8,16H2,1H3. The number of nitrogens with two attached hydrogens (primary N) is 1. The predicted molar refractivity (Wildman–Crippen MR) is 83.5 cm³/mol. The predicted octanol–water partition coefficient (Wildman–Crippen LogP) is 1.69. The molecule has 0 radical (unpaired) electrons. The Balaban J connectivity index is 2.38. The van der Waals surface area contributed by atoms with Gasteiger partial charge in [0.2, 0.25) is 0 Å². The topological polar surface area (TPSA) is 125 Å². The second-order valence-corrected chi connectivity index (χ2v) is 4.96. The molecule has 1 atom stereocenters. The molecule has 2 N–H and O–H groups in total. The van der Waals surface area contributed by atoms with Gasteiger partial charge >= 0.3 is 5.97 Å². The number of methoxy groups -OCH3 is 1. The first-order chi connectivity index (χ1) is 10.9. The lowest BCUT2D eigenvalue weighted by Gasteiger charge is -2.23. The van der Waals surface area contributed by atoms with Crippen LogP contribution < -0.4 is 5.73 Å². The number of allylic oxidation sites excluding steroid dienone is 1. The highest BCUT2D eigenvalue weighted by atomic mass is 16.6.